The van der Waals surface area contributed by atoms with Gasteiger partial charge in [-0.2, -0.15) is 17.5 Å². The van der Waals surface area contributed by atoms with Crippen molar-refractivity contribution in [3.63, 3.8) is 0 Å². The minimum absolute atomic E-state index is 0.0739. The number of carbonyl (C=O) groups is 1. The number of benzene rings is 1. The summed E-state index contributed by atoms with van der Waals surface area (Å²) in [5, 5.41) is 3.90. The summed E-state index contributed by atoms with van der Waals surface area (Å²) in [7, 11) is -2.38. The lowest BCUT2D eigenvalue weighted by Gasteiger charge is -2.27. The highest BCUT2D eigenvalue weighted by molar-refractivity contribution is 7.89. The van der Waals surface area contributed by atoms with E-state index >= 15 is 0 Å². The number of alkyl halides is 3. The predicted octanol–water partition coefficient (Wildman–Crippen LogP) is 2.73. The number of nitrogens with zero attached hydrogens (tertiary/aromatic N) is 3. The van der Waals surface area contributed by atoms with Gasteiger partial charge in [0.25, 0.3) is 5.91 Å². The van der Waals surface area contributed by atoms with Crippen LogP contribution in [0.2, 0.25) is 0 Å². The van der Waals surface area contributed by atoms with E-state index in [4.69, 9.17) is 4.84 Å². The fourth-order valence-corrected chi connectivity index (χ4v) is 4.29. The monoisotopic (exact) mass is 435 g/mol. The minimum atomic E-state index is -4.62. The van der Waals surface area contributed by atoms with E-state index < -0.39 is 26.7 Å². The first-order chi connectivity index (χ1) is 13.6. The summed E-state index contributed by atoms with van der Waals surface area (Å²) in [6.07, 6.45) is -3.24. The first kappa shape index (κ1) is 23.1. The summed E-state index contributed by atoms with van der Waals surface area (Å²) < 4.78 is 65.0. The third kappa shape index (κ3) is 6.17. The number of rotatable bonds is 7. The van der Waals surface area contributed by atoms with Crippen LogP contribution in [0.1, 0.15) is 31.7 Å². The van der Waals surface area contributed by atoms with Crippen molar-refractivity contribution in [3.05, 3.63) is 29.8 Å². The number of likely N-dealkylation sites (N-methyl/N-ethyl adjacent to an activating group) is 1. The topological polar surface area (TPSA) is 79.3 Å². The maximum absolute atomic E-state index is 12.9. The van der Waals surface area contributed by atoms with Gasteiger partial charge in [0.15, 0.2) is 6.61 Å². The molecule has 0 radical (unpaired) electrons. The van der Waals surface area contributed by atoms with Crippen molar-refractivity contribution < 1.29 is 31.2 Å². The number of oxime groups is 1. The summed E-state index contributed by atoms with van der Waals surface area (Å²) >= 11 is 0. The zero-order valence-electron chi connectivity index (χ0n) is 16.3. The van der Waals surface area contributed by atoms with Crippen LogP contribution in [0.15, 0.2) is 34.3 Å². The Morgan fingerprint density at radius 3 is 2.52 bits per heavy atom. The maximum Gasteiger partial charge on any atom is 0.416 e. The van der Waals surface area contributed by atoms with Crippen molar-refractivity contribution >= 4 is 21.6 Å². The first-order valence-corrected chi connectivity index (χ1v) is 10.6. The normalized spacial score (nSPS) is 15.8. The van der Waals surface area contributed by atoms with Crippen LogP contribution >= 0.6 is 0 Å². The molecule has 1 aliphatic rings. The second-order valence-electron chi connectivity index (χ2n) is 6.68. The number of sulfonamides is 1. The van der Waals surface area contributed by atoms with E-state index in [1.807, 2.05) is 6.92 Å². The third-order valence-electron chi connectivity index (χ3n) is 4.47. The summed E-state index contributed by atoms with van der Waals surface area (Å²) in [4.78, 5) is 18.0. The zero-order valence-corrected chi connectivity index (χ0v) is 17.1. The molecule has 1 saturated heterocycles. The number of amides is 1. The van der Waals surface area contributed by atoms with Crippen LogP contribution in [0.5, 0.6) is 0 Å². The Morgan fingerprint density at radius 2 is 1.93 bits per heavy atom. The molecule has 0 saturated carbocycles. The fourth-order valence-electron chi connectivity index (χ4n) is 2.81. The molecule has 2 rings (SSSR count). The molecule has 1 heterocycles. The highest BCUT2D eigenvalue weighted by atomic mass is 32.2. The molecule has 1 aromatic rings. The van der Waals surface area contributed by atoms with Gasteiger partial charge in [-0.15, -0.1) is 0 Å². The Morgan fingerprint density at radius 1 is 1.28 bits per heavy atom. The summed E-state index contributed by atoms with van der Waals surface area (Å²) in [6.45, 7) is 2.51. The molecule has 0 aliphatic carbocycles. The van der Waals surface area contributed by atoms with Crippen LogP contribution in [-0.4, -0.2) is 62.5 Å². The second kappa shape index (κ2) is 9.57. The Labute approximate surface area is 168 Å². The van der Waals surface area contributed by atoms with E-state index in [2.05, 4.69) is 5.16 Å². The Hall–Kier alpha value is -2.14. The Bertz CT molecular complexity index is 846. The number of carbonyl (C=O) groups excluding carboxylic acids is 1. The van der Waals surface area contributed by atoms with E-state index in [0.29, 0.717) is 18.3 Å². The van der Waals surface area contributed by atoms with Gasteiger partial charge in [0.1, 0.15) is 0 Å². The quantitative estimate of drug-likeness (QED) is 0.617. The van der Waals surface area contributed by atoms with Crippen molar-refractivity contribution in [3.8, 4) is 0 Å². The zero-order chi connectivity index (χ0) is 21.7. The molecule has 0 N–H and O–H groups in total. The molecular weight excluding hydrogens is 411 g/mol. The van der Waals surface area contributed by atoms with Gasteiger partial charge in [-0.05, 0) is 24.6 Å². The van der Waals surface area contributed by atoms with Gasteiger partial charge >= 0.3 is 6.18 Å². The van der Waals surface area contributed by atoms with Gasteiger partial charge in [0, 0.05) is 39.5 Å². The van der Waals surface area contributed by atoms with Crippen LogP contribution in [0, 0.1) is 0 Å². The molecule has 1 fully saturated rings. The molecule has 29 heavy (non-hydrogen) atoms. The molecule has 1 aliphatic heterocycles. The van der Waals surface area contributed by atoms with E-state index in [0.717, 1.165) is 28.9 Å². The van der Waals surface area contributed by atoms with Crippen LogP contribution < -0.4 is 0 Å². The van der Waals surface area contributed by atoms with Crippen molar-refractivity contribution in [1.82, 2.24) is 9.21 Å². The summed E-state index contributed by atoms with van der Waals surface area (Å²) in [5.41, 5.74) is -0.407. The smallest absolute Gasteiger partial charge is 0.386 e. The minimum Gasteiger partial charge on any atom is -0.386 e. The number of halogens is 3. The van der Waals surface area contributed by atoms with Crippen LogP contribution in [0.25, 0.3) is 0 Å². The highest BCUT2D eigenvalue weighted by Crippen LogP contribution is 2.31. The Kier molecular flexibility index (Phi) is 7.64. The molecular formula is C18H24F3N3O4S. The molecule has 0 atom stereocenters. The largest absolute Gasteiger partial charge is 0.416 e. The standard InChI is InChI=1S/C18H24F3N3O4S/c1-3-9-23(2)17(25)13-28-22-15-7-10-24(11-8-15)29(26,27)16-6-4-5-14(12-16)18(19,20)21/h4-6,12H,3,7-11,13H2,1-2H3. The third-order valence-corrected chi connectivity index (χ3v) is 6.36. The Balaban J connectivity index is 1.95. The lowest BCUT2D eigenvalue weighted by molar-refractivity contribution is -0.137. The van der Waals surface area contributed by atoms with Crippen LogP contribution in [0.3, 0.4) is 0 Å². The van der Waals surface area contributed by atoms with Crippen molar-refractivity contribution in [2.75, 3.05) is 33.3 Å². The van der Waals surface area contributed by atoms with Crippen LogP contribution in [-0.2, 0) is 25.8 Å². The van der Waals surface area contributed by atoms with Crippen LogP contribution in [0.4, 0.5) is 13.2 Å². The van der Waals surface area contributed by atoms with Gasteiger partial charge in [0.05, 0.1) is 16.2 Å². The second-order valence-corrected chi connectivity index (χ2v) is 8.61. The first-order valence-electron chi connectivity index (χ1n) is 9.14. The number of piperidine rings is 1. The SMILES string of the molecule is CCCN(C)C(=O)CON=C1CCN(S(=O)(=O)c2cccc(C(F)(F)F)c2)CC1. The molecule has 0 unspecified atom stereocenters. The van der Waals surface area contributed by atoms with Gasteiger partial charge in [0.2, 0.25) is 10.0 Å². The van der Waals surface area contributed by atoms with E-state index in [-0.39, 0.29) is 38.4 Å². The van der Waals surface area contributed by atoms with Crippen molar-refractivity contribution in [2.45, 2.75) is 37.3 Å². The number of hydrogen-bond donors (Lipinski definition) is 0. The van der Waals surface area contributed by atoms with E-state index in [1.54, 1.807) is 7.05 Å². The average Bonchev–Trinajstić information content (AvgIpc) is 2.68. The summed E-state index contributed by atoms with van der Waals surface area (Å²) in [5.74, 6) is -0.208. The lowest BCUT2D eigenvalue weighted by atomic mass is 10.1. The fraction of sp³-hybridized carbons (Fsp3) is 0.556. The van der Waals surface area contributed by atoms with Crippen molar-refractivity contribution in [2.24, 2.45) is 5.16 Å². The lowest BCUT2D eigenvalue weighted by Crippen LogP contribution is -2.38. The molecule has 0 spiro atoms. The highest BCUT2D eigenvalue weighted by Gasteiger charge is 2.33. The van der Waals surface area contributed by atoms with Gasteiger partial charge in [-0.1, -0.05) is 18.1 Å². The molecule has 7 nitrogen and oxygen atoms in total. The summed E-state index contributed by atoms with van der Waals surface area (Å²) in [6, 6.07) is 3.69. The molecule has 162 valence electrons. The van der Waals surface area contributed by atoms with E-state index in [9.17, 15) is 26.4 Å². The average molecular weight is 435 g/mol. The number of hydrogen-bond acceptors (Lipinski definition) is 5. The van der Waals surface area contributed by atoms with Crippen molar-refractivity contribution in [1.29, 1.82) is 0 Å². The molecule has 0 aromatic heterocycles. The molecule has 11 heteroatoms. The van der Waals surface area contributed by atoms with Gasteiger partial charge in [-0.25, -0.2) is 8.42 Å². The molecule has 1 amide bonds. The predicted molar refractivity (Wildman–Crippen MR) is 101 cm³/mol. The maximum atomic E-state index is 12.9. The van der Waals surface area contributed by atoms with Gasteiger partial charge in [-0.3, -0.25) is 4.79 Å². The molecule has 0 bridgehead atoms. The van der Waals surface area contributed by atoms with Gasteiger partial charge < -0.3 is 9.74 Å². The molecule has 1 aromatic carbocycles. The van der Waals surface area contributed by atoms with E-state index in [1.165, 1.54) is 4.90 Å².